The van der Waals surface area contributed by atoms with E-state index in [0.717, 1.165) is 24.1 Å². The number of aliphatic carboxylic acids is 1. The van der Waals surface area contributed by atoms with E-state index in [1.54, 1.807) is 19.1 Å². The highest BCUT2D eigenvalue weighted by Crippen LogP contribution is 2.41. The van der Waals surface area contributed by atoms with E-state index in [0.29, 0.717) is 41.3 Å². The molecule has 1 N–H and O–H groups in total. The zero-order valence-corrected chi connectivity index (χ0v) is 14.7. The molecule has 2 fully saturated rings. The molecule has 2 heterocycles. The van der Waals surface area contributed by atoms with Crippen molar-refractivity contribution in [2.75, 3.05) is 6.54 Å². The largest absolute Gasteiger partial charge is 0.480 e. The third kappa shape index (κ3) is 2.67. The Bertz CT molecular complexity index is 894. The number of rotatable bonds is 3. The molecular weight excluding hydrogens is 340 g/mol. The number of likely N-dealkylation sites (tertiary alicyclic amines) is 1. The summed E-state index contributed by atoms with van der Waals surface area (Å²) in [6, 6.07) is 7.15. The van der Waals surface area contributed by atoms with Gasteiger partial charge in [-0.05, 0) is 56.9 Å². The second-order valence-electron chi connectivity index (χ2n) is 7.17. The maximum absolute atomic E-state index is 13.3. The van der Waals surface area contributed by atoms with E-state index in [-0.39, 0.29) is 5.91 Å². The molecule has 0 bridgehead atoms. The van der Waals surface area contributed by atoms with Gasteiger partial charge in [0.25, 0.3) is 5.91 Å². The summed E-state index contributed by atoms with van der Waals surface area (Å²) in [5.74, 6) is -0.813. The van der Waals surface area contributed by atoms with Gasteiger partial charge in [-0.3, -0.25) is 9.78 Å². The Hall–Kier alpha value is -2.14. The molecule has 2 aromatic rings. The molecule has 0 spiro atoms. The van der Waals surface area contributed by atoms with Crippen molar-refractivity contribution in [1.29, 1.82) is 0 Å². The van der Waals surface area contributed by atoms with E-state index in [4.69, 9.17) is 11.6 Å². The van der Waals surface area contributed by atoms with Gasteiger partial charge in [0.2, 0.25) is 0 Å². The maximum Gasteiger partial charge on any atom is 0.329 e. The summed E-state index contributed by atoms with van der Waals surface area (Å²) in [6.07, 6.45) is 3.31. The van der Waals surface area contributed by atoms with E-state index >= 15 is 0 Å². The molecule has 25 heavy (non-hydrogen) atoms. The van der Waals surface area contributed by atoms with Gasteiger partial charge in [0.15, 0.2) is 0 Å². The van der Waals surface area contributed by atoms with E-state index in [2.05, 4.69) is 4.98 Å². The first-order valence-electron chi connectivity index (χ1n) is 8.56. The molecule has 5 nitrogen and oxygen atoms in total. The minimum absolute atomic E-state index is 0.251. The number of nitrogens with zero attached hydrogens (tertiary/aromatic N) is 2. The van der Waals surface area contributed by atoms with Crippen molar-refractivity contribution >= 4 is 34.4 Å². The number of carbonyl (C=O) groups is 2. The van der Waals surface area contributed by atoms with E-state index in [1.807, 2.05) is 12.1 Å². The number of carboxylic acids is 1. The lowest BCUT2D eigenvalue weighted by Crippen LogP contribution is -2.50. The Morgan fingerprint density at radius 2 is 2.08 bits per heavy atom. The third-order valence-corrected chi connectivity index (χ3v) is 5.60. The van der Waals surface area contributed by atoms with Crippen LogP contribution < -0.4 is 0 Å². The number of benzene rings is 1. The lowest BCUT2D eigenvalue weighted by molar-refractivity contribution is -0.147. The van der Waals surface area contributed by atoms with Crippen LogP contribution in [0, 0.1) is 0 Å². The van der Waals surface area contributed by atoms with Gasteiger partial charge in [-0.25, -0.2) is 4.79 Å². The molecule has 1 unspecified atom stereocenters. The minimum atomic E-state index is -1.16. The molecular formula is C19H19ClN2O3. The Kier molecular flexibility index (Phi) is 3.72. The fourth-order valence-electron chi connectivity index (χ4n) is 3.64. The van der Waals surface area contributed by atoms with Crippen molar-refractivity contribution in [2.24, 2.45) is 0 Å². The Morgan fingerprint density at radius 1 is 1.32 bits per heavy atom. The predicted octanol–water partition coefficient (Wildman–Crippen LogP) is 3.84. The van der Waals surface area contributed by atoms with E-state index in [9.17, 15) is 14.7 Å². The molecule has 1 saturated heterocycles. The number of aromatic nitrogens is 1. The van der Waals surface area contributed by atoms with E-state index in [1.165, 1.54) is 4.90 Å². The third-order valence-electron chi connectivity index (χ3n) is 5.36. The highest BCUT2D eigenvalue weighted by Gasteiger charge is 2.46. The average molecular weight is 359 g/mol. The number of pyridine rings is 1. The fourth-order valence-corrected chi connectivity index (χ4v) is 3.81. The average Bonchev–Trinajstić information content (AvgIpc) is 3.35. The topological polar surface area (TPSA) is 70.5 Å². The van der Waals surface area contributed by atoms with Crippen LogP contribution in [0.25, 0.3) is 10.9 Å². The first-order valence-corrected chi connectivity index (χ1v) is 8.93. The van der Waals surface area contributed by atoms with Gasteiger partial charge < -0.3 is 10.0 Å². The summed E-state index contributed by atoms with van der Waals surface area (Å²) in [6.45, 7) is 2.07. The molecule has 1 aromatic carbocycles. The number of hydrogen-bond acceptors (Lipinski definition) is 3. The van der Waals surface area contributed by atoms with Crippen molar-refractivity contribution in [3.8, 4) is 0 Å². The van der Waals surface area contributed by atoms with Crippen molar-refractivity contribution in [2.45, 2.75) is 44.1 Å². The molecule has 1 aliphatic heterocycles. The first-order chi connectivity index (χ1) is 11.9. The van der Waals surface area contributed by atoms with Gasteiger partial charge in [0.1, 0.15) is 5.54 Å². The SMILES string of the molecule is CC1(C(=O)O)CCCN1C(=O)c1cc(C2CC2)nc2ccc(Cl)cc12. The molecule has 6 heteroatoms. The van der Waals surface area contributed by atoms with Crippen molar-refractivity contribution < 1.29 is 14.7 Å². The van der Waals surface area contributed by atoms with Gasteiger partial charge in [0.05, 0.1) is 11.1 Å². The number of amides is 1. The lowest BCUT2D eigenvalue weighted by atomic mass is 9.97. The Labute approximate surface area is 150 Å². The first kappa shape index (κ1) is 16.3. The molecule has 0 radical (unpaired) electrons. The van der Waals surface area contributed by atoms with Gasteiger partial charge in [0, 0.05) is 28.6 Å². The highest BCUT2D eigenvalue weighted by molar-refractivity contribution is 6.31. The molecule has 130 valence electrons. The van der Waals surface area contributed by atoms with Crippen LogP contribution >= 0.6 is 11.6 Å². The maximum atomic E-state index is 13.3. The summed E-state index contributed by atoms with van der Waals surface area (Å²) in [5, 5.41) is 10.8. The summed E-state index contributed by atoms with van der Waals surface area (Å²) in [5.41, 5.74) is 0.983. The van der Waals surface area contributed by atoms with Gasteiger partial charge in [-0.2, -0.15) is 0 Å². The molecule has 1 aromatic heterocycles. The molecule has 1 amide bonds. The van der Waals surface area contributed by atoms with Crippen LogP contribution in [0.2, 0.25) is 5.02 Å². The van der Waals surface area contributed by atoms with Crippen LogP contribution in [-0.2, 0) is 4.79 Å². The number of carbonyl (C=O) groups excluding carboxylic acids is 1. The number of halogens is 1. The van der Waals surface area contributed by atoms with Crippen molar-refractivity contribution in [3.63, 3.8) is 0 Å². The Morgan fingerprint density at radius 3 is 2.76 bits per heavy atom. The van der Waals surface area contributed by atoms with Gasteiger partial charge in [-0.15, -0.1) is 0 Å². The highest BCUT2D eigenvalue weighted by atomic mass is 35.5. The zero-order chi connectivity index (χ0) is 17.8. The molecule has 1 aliphatic carbocycles. The van der Waals surface area contributed by atoms with Gasteiger partial charge >= 0.3 is 5.97 Å². The summed E-state index contributed by atoms with van der Waals surface area (Å²) >= 11 is 6.13. The second kappa shape index (κ2) is 5.70. The number of fused-ring (bicyclic) bond motifs is 1. The predicted molar refractivity (Wildman–Crippen MR) is 95.0 cm³/mol. The second-order valence-corrected chi connectivity index (χ2v) is 7.61. The fraction of sp³-hybridized carbons (Fsp3) is 0.421. The standard InChI is InChI=1S/C19H19ClN2O3/c1-19(18(24)25)7-2-8-22(19)17(23)14-10-16(11-3-4-11)21-15-6-5-12(20)9-13(14)15/h5-6,9-11H,2-4,7-8H2,1H3,(H,24,25). The summed E-state index contributed by atoms with van der Waals surface area (Å²) in [4.78, 5) is 31.2. The van der Waals surface area contributed by atoms with E-state index < -0.39 is 11.5 Å². The van der Waals surface area contributed by atoms with Crippen molar-refractivity contribution in [3.05, 3.63) is 40.5 Å². The zero-order valence-electron chi connectivity index (χ0n) is 14.0. The Balaban J connectivity index is 1.85. The summed E-state index contributed by atoms with van der Waals surface area (Å²) in [7, 11) is 0. The molecule has 4 rings (SSSR count). The van der Waals surface area contributed by atoms with Crippen LogP contribution in [0.3, 0.4) is 0 Å². The van der Waals surface area contributed by atoms with Crippen LogP contribution in [0.1, 0.15) is 54.6 Å². The lowest BCUT2D eigenvalue weighted by Gasteiger charge is -2.31. The van der Waals surface area contributed by atoms with Crippen LogP contribution in [0.5, 0.6) is 0 Å². The monoisotopic (exact) mass is 358 g/mol. The van der Waals surface area contributed by atoms with Crippen LogP contribution in [-0.4, -0.2) is 39.0 Å². The van der Waals surface area contributed by atoms with Crippen molar-refractivity contribution in [1.82, 2.24) is 9.88 Å². The molecule has 2 aliphatic rings. The quantitative estimate of drug-likeness (QED) is 0.904. The van der Waals surface area contributed by atoms with Gasteiger partial charge in [-0.1, -0.05) is 11.6 Å². The molecule has 1 saturated carbocycles. The number of carboxylic acid groups (broad SMARTS) is 1. The minimum Gasteiger partial charge on any atom is -0.480 e. The normalized spacial score (nSPS) is 23.2. The number of hydrogen-bond donors (Lipinski definition) is 1. The molecule has 1 atom stereocenters. The smallest absolute Gasteiger partial charge is 0.329 e. The summed E-state index contributed by atoms with van der Waals surface area (Å²) < 4.78 is 0. The van der Waals surface area contributed by atoms with Crippen LogP contribution in [0.15, 0.2) is 24.3 Å². The van der Waals surface area contributed by atoms with Crippen LogP contribution in [0.4, 0.5) is 0 Å².